The Hall–Kier alpha value is -2.22. The van der Waals surface area contributed by atoms with Crippen LogP contribution < -0.4 is 10.0 Å². The Balaban J connectivity index is 2.21. The van der Waals surface area contributed by atoms with E-state index in [2.05, 4.69) is 14.9 Å². The summed E-state index contributed by atoms with van der Waals surface area (Å²) in [6.45, 7) is 6.46. The second kappa shape index (κ2) is 9.32. The van der Waals surface area contributed by atoms with Crippen molar-refractivity contribution in [3.05, 3.63) is 64.7 Å². The fourth-order valence-corrected chi connectivity index (χ4v) is 4.16. The molecular formula is C21H29N3O3S. The smallest absolute Gasteiger partial charge is 0.251 e. The lowest BCUT2D eigenvalue weighted by Gasteiger charge is -2.15. The number of rotatable bonds is 8. The van der Waals surface area contributed by atoms with Gasteiger partial charge in [-0.1, -0.05) is 30.3 Å². The van der Waals surface area contributed by atoms with E-state index in [1.54, 1.807) is 26.8 Å². The highest BCUT2D eigenvalue weighted by Gasteiger charge is 2.19. The number of benzene rings is 2. The molecule has 0 atom stereocenters. The average Bonchev–Trinajstić information content (AvgIpc) is 2.59. The maximum atomic E-state index is 12.7. The third-order valence-corrected chi connectivity index (χ3v) is 5.86. The summed E-state index contributed by atoms with van der Waals surface area (Å²) in [6.07, 6.45) is 0. The van der Waals surface area contributed by atoms with Crippen LogP contribution in [0, 0.1) is 6.92 Å². The van der Waals surface area contributed by atoms with E-state index in [0.29, 0.717) is 12.1 Å². The Labute approximate surface area is 168 Å². The molecule has 0 aliphatic heterocycles. The highest BCUT2D eigenvalue weighted by atomic mass is 32.2. The SMILES string of the molecule is Cc1ccc(S(=O)(=O)NC(C)C)cc1C(=O)NCc1ccccc1CN(C)C. The molecule has 2 aromatic rings. The summed E-state index contributed by atoms with van der Waals surface area (Å²) in [7, 11) is 0.337. The third kappa shape index (κ3) is 5.89. The van der Waals surface area contributed by atoms with E-state index in [1.165, 1.54) is 12.1 Å². The molecule has 152 valence electrons. The summed E-state index contributed by atoms with van der Waals surface area (Å²) in [5, 5.41) is 2.92. The van der Waals surface area contributed by atoms with Gasteiger partial charge >= 0.3 is 0 Å². The van der Waals surface area contributed by atoms with Gasteiger partial charge in [0.15, 0.2) is 0 Å². The van der Waals surface area contributed by atoms with Crippen LogP contribution in [-0.4, -0.2) is 39.4 Å². The molecule has 0 saturated carbocycles. The molecule has 2 aromatic carbocycles. The molecule has 0 bridgehead atoms. The van der Waals surface area contributed by atoms with Crippen LogP contribution in [0.5, 0.6) is 0 Å². The monoisotopic (exact) mass is 403 g/mol. The number of carbonyl (C=O) groups is 1. The minimum absolute atomic E-state index is 0.0879. The van der Waals surface area contributed by atoms with Gasteiger partial charge in [0.25, 0.3) is 5.91 Å². The van der Waals surface area contributed by atoms with Crippen LogP contribution in [0.3, 0.4) is 0 Å². The lowest BCUT2D eigenvalue weighted by Crippen LogP contribution is -2.31. The van der Waals surface area contributed by atoms with E-state index in [1.807, 2.05) is 38.4 Å². The van der Waals surface area contributed by atoms with Gasteiger partial charge in [-0.05, 0) is 63.7 Å². The number of sulfonamides is 1. The van der Waals surface area contributed by atoms with Gasteiger partial charge in [-0.3, -0.25) is 4.79 Å². The zero-order valence-electron chi connectivity index (χ0n) is 17.1. The number of carbonyl (C=O) groups excluding carboxylic acids is 1. The molecule has 0 fully saturated rings. The molecule has 0 unspecified atom stereocenters. The summed E-state index contributed by atoms with van der Waals surface area (Å²) < 4.78 is 27.4. The fourth-order valence-electron chi connectivity index (χ4n) is 2.89. The van der Waals surface area contributed by atoms with Crippen LogP contribution in [0.25, 0.3) is 0 Å². The van der Waals surface area contributed by atoms with Crippen LogP contribution in [0.15, 0.2) is 47.4 Å². The number of nitrogens with zero attached hydrogens (tertiary/aromatic N) is 1. The van der Waals surface area contributed by atoms with Crippen molar-refractivity contribution in [2.24, 2.45) is 0 Å². The van der Waals surface area contributed by atoms with Crippen LogP contribution in [0.4, 0.5) is 0 Å². The first-order chi connectivity index (χ1) is 13.1. The Morgan fingerprint density at radius 2 is 1.71 bits per heavy atom. The predicted octanol–water partition coefficient (Wildman–Crippen LogP) is 2.67. The van der Waals surface area contributed by atoms with Crippen LogP contribution >= 0.6 is 0 Å². The van der Waals surface area contributed by atoms with E-state index in [4.69, 9.17) is 0 Å². The summed E-state index contributed by atoms with van der Waals surface area (Å²) in [6, 6.07) is 12.3. The van der Waals surface area contributed by atoms with Gasteiger partial charge in [0.05, 0.1) is 4.90 Å². The Morgan fingerprint density at radius 3 is 2.32 bits per heavy atom. The van der Waals surface area contributed by atoms with Gasteiger partial charge < -0.3 is 10.2 Å². The van der Waals surface area contributed by atoms with Crippen molar-refractivity contribution < 1.29 is 13.2 Å². The maximum absolute atomic E-state index is 12.7. The summed E-state index contributed by atoms with van der Waals surface area (Å²) in [5.41, 5.74) is 3.26. The minimum Gasteiger partial charge on any atom is -0.348 e. The number of nitrogens with one attached hydrogen (secondary N) is 2. The van der Waals surface area contributed by atoms with Crippen molar-refractivity contribution in [2.45, 2.75) is 44.8 Å². The Kier molecular flexibility index (Phi) is 7.35. The highest BCUT2D eigenvalue weighted by molar-refractivity contribution is 7.89. The molecule has 2 rings (SSSR count). The standard InChI is InChI=1S/C21H29N3O3S/c1-15(2)23-28(26,27)19-11-10-16(3)20(12-19)21(25)22-13-17-8-6-7-9-18(17)14-24(4)5/h6-12,15,23H,13-14H2,1-5H3,(H,22,25). The molecular weight excluding hydrogens is 374 g/mol. The van der Waals surface area contributed by atoms with Crippen molar-refractivity contribution >= 4 is 15.9 Å². The van der Waals surface area contributed by atoms with Gasteiger partial charge in [0.2, 0.25) is 10.0 Å². The second-order valence-electron chi connectivity index (χ2n) is 7.44. The van der Waals surface area contributed by atoms with Gasteiger partial charge in [-0.2, -0.15) is 0 Å². The van der Waals surface area contributed by atoms with E-state index < -0.39 is 10.0 Å². The number of aryl methyl sites for hydroxylation is 1. The predicted molar refractivity (Wildman–Crippen MR) is 112 cm³/mol. The summed E-state index contributed by atoms with van der Waals surface area (Å²) in [5.74, 6) is -0.293. The molecule has 0 saturated heterocycles. The lowest BCUT2D eigenvalue weighted by molar-refractivity contribution is 0.0950. The Morgan fingerprint density at radius 1 is 1.07 bits per heavy atom. The van der Waals surface area contributed by atoms with Gasteiger partial charge in [0.1, 0.15) is 0 Å². The lowest BCUT2D eigenvalue weighted by atomic mass is 10.1. The molecule has 28 heavy (non-hydrogen) atoms. The van der Waals surface area contributed by atoms with Crippen molar-refractivity contribution in [2.75, 3.05) is 14.1 Å². The van der Waals surface area contributed by atoms with Crippen molar-refractivity contribution in [3.8, 4) is 0 Å². The highest BCUT2D eigenvalue weighted by Crippen LogP contribution is 2.17. The first-order valence-corrected chi connectivity index (χ1v) is 10.7. The van der Waals surface area contributed by atoms with E-state index in [9.17, 15) is 13.2 Å². The minimum atomic E-state index is -3.66. The van der Waals surface area contributed by atoms with E-state index in [-0.39, 0.29) is 16.8 Å². The molecule has 2 N–H and O–H groups in total. The topological polar surface area (TPSA) is 78.5 Å². The molecule has 1 amide bonds. The van der Waals surface area contributed by atoms with Crippen LogP contribution in [0.1, 0.15) is 40.9 Å². The molecule has 7 heteroatoms. The van der Waals surface area contributed by atoms with Crippen molar-refractivity contribution in [3.63, 3.8) is 0 Å². The first-order valence-electron chi connectivity index (χ1n) is 9.23. The summed E-state index contributed by atoms with van der Waals surface area (Å²) in [4.78, 5) is 14.9. The van der Waals surface area contributed by atoms with Gasteiger partial charge in [-0.15, -0.1) is 0 Å². The van der Waals surface area contributed by atoms with Gasteiger partial charge in [-0.25, -0.2) is 13.1 Å². The number of amides is 1. The summed E-state index contributed by atoms with van der Waals surface area (Å²) >= 11 is 0. The zero-order chi connectivity index (χ0) is 20.9. The first kappa shape index (κ1) is 22.1. The molecule has 0 radical (unpaired) electrons. The van der Waals surface area contributed by atoms with Crippen LogP contribution in [-0.2, 0) is 23.1 Å². The molecule has 0 aliphatic rings. The average molecular weight is 404 g/mol. The largest absolute Gasteiger partial charge is 0.348 e. The molecule has 0 aromatic heterocycles. The fraction of sp³-hybridized carbons (Fsp3) is 0.381. The molecule has 0 spiro atoms. The number of hydrogen-bond donors (Lipinski definition) is 2. The number of hydrogen-bond acceptors (Lipinski definition) is 4. The molecule has 0 aliphatic carbocycles. The normalized spacial score (nSPS) is 11.8. The third-order valence-electron chi connectivity index (χ3n) is 4.20. The van der Waals surface area contributed by atoms with Gasteiger partial charge in [0, 0.05) is 24.7 Å². The van der Waals surface area contributed by atoms with E-state index >= 15 is 0 Å². The molecule has 0 heterocycles. The quantitative estimate of drug-likeness (QED) is 0.710. The van der Waals surface area contributed by atoms with Crippen molar-refractivity contribution in [1.82, 2.24) is 14.9 Å². The maximum Gasteiger partial charge on any atom is 0.251 e. The second-order valence-corrected chi connectivity index (χ2v) is 9.16. The van der Waals surface area contributed by atoms with Crippen molar-refractivity contribution in [1.29, 1.82) is 0 Å². The molecule has 6 nitrogen and oxygen atoms in total. The van der Waals surface area contributed by atoms with E-state index in [0.717, 1.165) is 23.2 Å². The van der Waals surface area contributed by atoms with Crippen LogP contribution in [0.2, 0.25) is 0 Å². The Bertz CT molecular complexity index is 938. The zero-order valence-corrected chi connectivity index (χ0v) is 17.9.